The Balaban J connectivity index is 1.41. The maximum Gasteiger partial charge on any atom is 0.142 e. The van der Waals surface area contributed by atoms with Crippen molar-refractivity contribution in [3.63, 3.8) is 0 Å². The van der Waals surface area contributed by atoms with Gasteiger partial charge < -0.3 is 0 Å². The van der Waals surface area contributed by atoms with E-state index in [1.165, 1.54) is 51.4 Å². The molecule has 4 atom stereocenters. The molecule has 0 saturated heterocycles. The molecule has 0 aliphatic heterocycles. The van der Waals surface area contributed by atoms with Crippen LogP contribution in [0.4, 0.5) is 8.78 Å². The molecule has 0 heterocycles. The third-order valence-electron chi connectivity index (χ3n) is 7.86. The monoisotopic (exact) mass is 434 g/mol. The van der Waals surface area contributed by atoms with E-state index in [1.807, 2.05) is 31.2 Å². The number of hydrogen-bond acceptors (Lipinski definition) is 0. The maximum atomic E-state index is 14.8. The second-order valence-electron chi connectivity index (χ2n) is 10.2. The summed E-state index contributed by atoms with van der Waals surface area (Å²) in [5.74, 6) is 7.29. The molecule has 0 aromatic heterocycles. The number of benzene rings is 2. The first-order valence-corrected chi connectivity index (χ1v) is 12.6. The highest BCUT2D eigenvalue weighted by Crippen LogP contribution is 2.48. The Morgan fingerprint density at radius 3 is 2.25 bits per heavy atom. The van der Waals surface area contributed by atoms with Crippen molar-refractivity contribution < 1.29 is 8.78 Å². The predicted octanol–water partition coefficient (Wildman–Crippen LogP) is 8.55. The molecule has 2 aromatic carbocycles. The van der Waals surface area contributed by atoms with Crippen LogP contribution in [0.25, 0.3) is 0 Å². The standard InChI is InChI=1S/C30H36F2/c1-3-4-5-6-23-11-13-25-18-26(15-14-24(25)17-23)27-19-29(31)28(30(32)20-27)16-12-22-9-7-21(2)8-10-22/h7-10,19-20,23-26H,3-6,11,13-15,17-18H2,1-2H3/t23?,24-,25-,26-/m1/s1. The lowest BCUT2D eigenvalue weighted by Gasteiger charge is -2.42. The Hall–Kier alpha value is -2.14. The van der Waals surface area contributed by atoms with E-state index in [0.29, 0.717) is 0 Å². The van der Waals surface area contributed by atoms with Gasteiger partial charge in [-0.25, -0.2) is 8.78 Å². The minimum Gasteiger partial charge on any atom is -0.206 e. The Kier molecular flexibility index (Phi) is 7.67. The van der Waals surface area contributed by atoms with Crippen molar-refractivity contribution in [3.8, 4) is 11.8 Å². The van der Waals surface area contributed by atoms with Crippen molar-refractivity contribution >= 4 is 0 Å². The lowest BCUT2D eigenvalue weighted by atomic mass is 9.63. The normalized spacial score (nSPS) is 25.0. The molecule has 0 radical (unpaired) electrons. The van der Waals surface area contributed by atoms with Gasteiger partial charge >= 0.3 is 0 Å². The predicted molar refractivity (Wildman–Crippen MR) is 129 cm³/mol. The molecule has 0 N–H and O–H groups in total. The first kappa shape index (κ1) is 23.0. The molecule has 4 rings (SSSR count). The molecule has 1 unspecified atom stereocenters. The van der Waals surface area contributed by atoms with E-state index in [2.05, 4.69) is 18.8 Å². The van der Waals surface area contributed by atoms with Gasteiger partial charge in [-0.3, -0.25) is 0 Å². The molecule has 2 fully saturated rings. The topological polar surface area (TPSA) is 0 Å². The summed E-state index contributed by atoms with van der Waals surface area (Å²) in [5.41, 5.74) is 2.61. The number of rotatable bonds is 5. The van der Waals surface area contributed by atoms with Crippen LogP contribution in [0.2, 0.25) is 0 Å². The van der Waals surface area contributed by atoms with Crippen LogP contribution in [0.15, 0.2) is 36.4 Å². The zero-order valence-corrected chi connectivity index (χ0v) is 19.6. The lowest BCUT2D eigenvalue weighted by molar-refractivity contribution is 0.113. The average molecular weight is 435 g/mol. The van der Waals surface area contributed by atoms with Gasteiger partial charge in [0, 0.05) is 5.56 Å². The average Bonchev–Trinajstić information content (AvgIpc) is 2.79. The third-order valence-corrected chi connectivity index (χ3v) is 7.86. The van der Waals surface area contributed by atoms with Gasteiger partial charge in [0.25, 0.3) is 0 Å². The highest BCUT2D eigenvalue weighted by atomic mass is 19.1. The molecule has 32 heavy (non-hydrogen) atoms. The number of aryl methyl sites for hydroxylation is 1. The Morgan fingerprint density at radius 2 is 1.53 bits per heavy atom. The van der Waals surface area contributed by atoms with E-state index in [4.69, 9.17) is 0 Å². The van der Waals surface area contributed by atoms with Crippen molar-refractivity contribution in [3.05, 3.63) is 70.3 Å². The van der Waals surface area contributed by atoms with Crippen molar-refractivity contribution in [2.24, 2.45) is 17.8 Å². The summed E-state index contributed by atoms with van der Waals surface area (Å²) >= 11 is 0. The summed E-state index contributed by atoms with van der Waals surface area (Å²) in [6, 6.07) is 10.8. The molecule has 0 amide bonds. The molecule has 0 nitrogen and oxygen atoms in total. The molecule has 0 spiro atoms. The quantitative estimate of drug-likeness (QED) is 0.327. The van der Waals surface area contributed by atoms with Crippen molar-refractivity contribution in [2.45, 2.75) is 84.0 Å². The highest BCUT2D eigenvalue weighted by molar-refractivity contribution is 5.46. The fourth-order valence-electron chi connectivity index (χ4n) is 5.95. The fourth-order valence-corrected chi connectivity index (χ4v) is 5.95. The summed E-state index contributed by atoms with van der Waals surface area (Å²) < 4.78 is 29.6. The Labute approximate surface area is 192 Å². The Morgan fingerprint density at radius 1 is 0.844 bits per heavy atom. The smallest absolute Gasteiger partial charge is 0.142 e. The van der Waals surface area contributed by atoms with E-state index in [-0.39, 0.29) is 11.5 Å². The number of halogens is 2. The SMILES string of the molecule is CCCCCC1CC[C@@H]2C[C@H](c3cc(F)c(C#Cc4ccc(C)cc4)c(F)c3)CC[C@@H]2C1. The van der Waals surface area contributed by atoms with Crippen LogP contribution in [0.1, 0.15) is 99.3 Å². The largest absolute Gasteiger partial charge is 0.206 e. The maximum absolute atomic E-state index is 14.8. The molecule has 0 bridgehead atoms. The van der Waals surface area contributed by atoms with Crippen LogP contribution in [-0.2, 0) is 0 Å². The summed E-state index contributed by atoms with van der Waals surface area (Å²) in [4.78, 5) is 0. The van der Waals surface area contributed by atoms with Crippen molar-refractivity contribution in [2.75, 3.05) is 0 Å². The van der Waals surface area contributed by atoms with Crippen molar-refractivity contribution in [1.29, 1.82) is 0 Å². The van der Waals surface area contributed by atoms with Crippen LogP contribution in [0, 0.1) is 48.2 Å². The van der Waals surface area contributed by atoms with Gasteiger partial charge in [0.05, 0.1) is 5.56 Å². The molecule has 2 aliphatic carbocycles. The number of hydrogen-bond donors (Lipinski definition) is 0. The van der Waals surface area contributed by atoms with Crippen LogP contribution < -0.4 is 0 Å². The first-order valence-electron chi connectivity index (χ1n) is 12.6. The first-order chi connectivity index (χ1) is 15.5. The zero-order chi connectivity index (χ0) is 22.5. The van der Waals surface area contributed by atoms with E-state index < -0.39 is 11.6 Å². The minimum atomic E-state index is -0.527. The van der Waals surface area contributed by atoms with E-state index in [1.54, 1.807) is 12.1 Å². The summed E-state index contributed by atoms with van der Waals surface area (Å²) in [6.07, 6.45) is 12.8. The molecular weight excluding hydrogens is 398 g/mol. The fraction of sp³-hybridized carbons (Fsp3) is 0.533. The van der Waals surface area contributed by atoms with Crippen LogP contribution in [0.5, 0.6) is 0 Å². The van der Waals surface area contributed by atoms with Crippen LogP contribution in [0.3, 0.4) is 0 Å². The summed E-state index contributed by atoms with van der Waals surface area (Å²) in [6.45, 7) is 4.27. The number of fused-ring (bicyclic) bond motifs is 1. The van der Waals surface area contributed by atoms with Gasteiger partial charge in [0.15, 0.2) is 0 Å². The zero-order valence-electron chi connectivity index (χ0n) is 19.6. The summed E-state index contributed by atoms with van der Waals surface area (Å²) in [5, 5.41) is 0. The number of unbranched alkanes of at least 4 members (excludes halogenated alkanes) is 2. The van der Waals surface area contributed by atoms with Gasteiger partial charge in [-0.2, -0.15) is 0 Å². The molecular formula is C30H36F2. The summed E-state index contributed by atoms with van der Waals surface area (Å²) in [7, 11) is 0. The lowest BCUT2D eigenvalue weighted by Crippen LogP contribution is -2.30. The molecule has 2 aromatic rings. The second kappa shape index (κ2) is 10.7. The van der Waals surface area contributed by atoms with Crippen LogP contribution in [-0.4, -0.2) is 0 Å². The van der Waals surface area contributed by atoms with Gasteiger partial charge in [-0.15, -0.1) is 0 Å². The third kappa shape index (κ3) is 5.61. The van der Waals surface area contributed by atoms with Gasteiger partial charge in [-0.05, 0) is 92.5 Å². The van der Waals surface area contributed by atoms with Crippen LogP contribution >= 0.6 is 0 Å². The van der Waals surface area contributed by atoms with Gasteiger partial charge in [0.2, 0.25) is 0 Å². The van der Waals surface area contributed by atoms with E-state index in [0.717, 1.165) is 47.3 Å². The molecule has 170 valence electrons. The van der Waals surface area contributed by atoms with Gasteiger partial charge in [0.1, 0.15) is 11.6 Å². The highest BCUT2D eigenvalue weighted by Gasteiger charge is 2.36. The van der Waals surface area contributed by atoms with Crippen molar-refractivity contribution in [1.82, 2.24) is 0 Å². The second-order valence-corrected chi connectivity index (χ2v) is 10.2. The minimum absolute atomic E-state index is 0.115. The molecule has 2 heteroatoms. The Bertz CT molecular complexity index is 940. The molecule has 2 aliphatic rings. The van der Waals surface area contributed by atoms with Gasteiger partial charge in [-0.1, -0.05) is 68.6 Å². The van der Waals surface area contributed by atoms with E-state index in [9.17, 15) is 8.78 Å². The van der Waals surface area contributed by atoms with E-state index >= 15 is 0 Å². The molecule has 2 saturated carbocycles.